The maximum Gasteiger partial charge on any atom is 0.379 e. The van der Waals surface area contributed by atoms with Gasteiger partial charge in [0, 0.05) is 27.1 Å². The minimum Gasteiger partial charge on any atom is -0.449 e. The molecule has 1 aliphatic heterocycles. The highest BCUT2D eigenvalue weighted by Gasteiger charge is 2.31. The minimum absolute atomic E-state index is 0.0200. The number of nitrogens with two attached hydrogens (primary N) is 1. The lowest BCUT2D eigenvalue weighted by atomic mass is 9.83. The summed E-state index contributed by atoms with van der Waals surface area (Å²) in [5.74, 6) is -0.148. The molecule has 0 fully saturated rings. The molecule has 1 unspecified atom stereocenters. The molecule has 0 bridgehead atoms. The number of carbonyl (C=O) groups excluding carboxylic acids is 1. The van der Waals surface area contributed by atoms with E-state index in [1.54, 1.807) is 24.3 Å². The molecule has 7 heteroatoms. The Kier molecular flexibility index (Phi) is 5.15. The molecule has 33 heavy (non-hydrogen) atoms. The maximum absolute atomic E-state index is 12.8. The molecule has 162 valence electrons. The Labute approximate surface area is 198 Å². The van der Waals surface area contributed by atoms with E-state index >= 15 is 0 Å². The molecule has 1 aliphatic rings. The number of halogens is 1. The van der Waals surface area contributed by atoms with Crippen LogP contribution in [0.25, 0.3) is 11.0 Å². The van der Waals surface area contributed by atoms with Crippen LogP contribution in [0.2, 0.25) is 0 Å². The van der Waals surface area contributed by atoms with Gasteiger partial charge in [-0.15, -0.1) is 0 Å². The van der Waals surface area contributed by atoms with E-state index in [1.807, 2.05) is 49.4 Å². The van der Waals surface area contributed by atoms with E-state index in [0.29, 0.717) is 22.5 Å². The fraction of sp³-hybridized carbons (Fsp3) is 0.0769. The number of carbonyl (C=O) groups is 1. The molecular formula is C26H17BrN2O4. The molecule has 0 amide bonds. The number of benzene rings is 3. The van der Waals surface area contributed by atoms with E-state index in [-0.39, 0.29) is 17.4 Å². The highest BCUT2D eigenvalue weighted by atomic mass is 79.9. The molecule has 3 aromatic carbocycles. The smallest absolute Gasteiger partial charge is 0.379 e. The van der Waals surface area contributed by atoms with Gasteiger partial charge in [0.2, 0.25) is 11.6 Å². The van der Waals surface area contributed by atoms with E-state index in [1.165, 1.54) is 0 Å². The Morgan fingerprint density at radius 1 is 1.12 bits per heavy atom. The molecule has 4 aromatic rings. The molecule has 0 spiro atoms. The summed E-state index contributed by atoms with van der Waals surface area (Å²) in [7, 11) is 0. The highest BCUT2D eigenvalue weighted by Crippen LogP contribution is 2.44. The summed E-state index contributed by atoms with van der Waals surface area (Å²) in [5.41, 5.74) is 9.37. The Bertz CT molecular complexity index is 1500. The number of ether oxygens (including phenoxy) is 2. The predicted octanol–water partition coefficient (Wildman–Crippen LogP) is 5.94. The summed E-state index contributed by atoms with van der Waals surface area (Å²) in [6, 6.07) is 22.3. The van der Waals surface area contributed by atoms with Gasteiger partial charge in [0.15, 0.2) is 0 Å². The van der Waals surface area contributed by atoms with Crippen LogP contribution < -0.4 is 15.2 Å². The zero-order chi connectivity index (χ0) is 23.1. The molecule has 0 saturated carbocycles. The molecule has 0 aliphatic carbocycles. The SMILES string of the molecule is Cc1c(C(=O)Oc2ccc3c(c2)OC(N)=C(C#N)C3c2cccc(Br)c2)oc2ccccc12. The second-order valence-corrected chi connectivity index (χ2v) is 8.54. The van der Waals surface area contributed by atoms with Crippen LogP contribution in [-0.2, 0) is 0 Å². The summed E-state index contributed by atoms with van der Waals surface area (Å²) in [4.78, 5) is 12.8. The van der Waals surface area contributed by atoms with Gasteiger partial charge in [-0.05, 0) is 36.8 Å². The number of nitriles is 1. The van der Waals surface area contributed by atoms with Crippen molar-refractivity contribution < 1.29 is 18.7 Å². The average molecular weight is 501 g/mol. The van der Waals surface area contributed by atoms with Gasteiger partial charge in [0.1, 0.15) is 28.7 Å². The third-order valence-corrected chi connectivity index (χ3v) is 6.11. The first-order valence-corrected chi connectivity index (χ1v) is 10.9. The van der Waals surface area contributed by atoms with Gasteiger partial charge < -0.3 is 19.6 Å². The maximum atomic E-state index is 12.8. The van der Waals surface area contributed by atoms with Gasteiger partial charge in [-0.25, -0.2) is 4.79 Å². The number of allylic oxidation sites excluding steroid dienone is 1. The predicted molar refractivity (Wildman–Crippen MR) is 126 cm³/mol. The van der Waals surface area contributed by atoms with Crippen molar-refractivity contribution in [1.29, 1.82) is 5.26 Å². The molecule has 2 heterocycles. The number of aryl methyl sites for hydroxylation is 1. The van der Waals surface area contributed by atoms with Gasteiger partial charge in [0.25, 0.3) is 0 Å². The fourth-order valence-electron chi connectivity index (χ4n) is 4.05. The van der Waals surface area contributed by atoms with Crippen LogP contribution in [0.15, 0.2) is 87.1 Å². The number of esters is 1. The van der Waals surface area contributed by atoms with Crippen LogP contribution in [0.4, 0.5) is 0 Å². The Balaban J connectivity index is 1.50. The number of hydrogen-bond donors (Lipinski definition) is 1. The highest BCUT2D eigenvalue weighted by molar-refractivity contribution is 9.10. The normalized spacial score (nSPS) is 15.0. The molecule has 6 nitrogen and oxygen atoms in total. The average Bonchev–Trinajstić information content (AvgIpc) is 3.15. The van der Waals surface area contributed by atoms with E-state index in [2.05, 4.69) is 22.0 Å². The number of fused-ring (bicyclic) bond motifs is 2. The monoisotopic (exact) mass is 500 g/mol. The Hall–Kier alpha value is -4.02. The number of hydrogen-bond acceptors (Lipinski definition) is 6. The topological polar surface area (TPSA) is 98.5 Å². The molecule has 1 aromatic heterocycles. The van der Waals surface area contributed by atoms with Crippen molar-refractivity contribution in [1.82, 2.24) is 0 Å². The minimum atomic E-state index is -0.607. The van der Waals surface area contributed by atoms with Crippen molar-refractivity contribution in [2.45, 2.75) is 12.8 Å². The van der Waals surface area contributed by atoms with Crippen LogP contribution in [0.3, 0.4) is 0 Å². The van der Waals surface area contributed by atoms with Crippen LogP contribution in [0.1, 0.15) is 33.2 Å². The number of para-hydroxylation sites is 1. The summed E-state index contributed by atoms with van der Waals surface area (Å²) in [6.45, 7) is 1.82. The second-order valence-electron chi connectivity index (χ2n) is 7.62. The van der Waals surface area contributed by atoms with E-state index in [4.69, 9.17) is 19.6 Å². The van der Waals surface area contributed by atoms with Gasteiger partial charge in [-0.2, -0.15) is 5.26 Å². The lowest BCUT2D eigenvalue weighted by Crippen LogP contribution is -2.21. The fourth-order valence-corrected chi connectivity index (χ4v) is 4.47. The van der Waals surface area contributed by atoms with Crippen LogP contribution >= 0.6 is 15.9 Å². The van der Waals surface area contributed by atoms with E-state index < -0.39 is 11.9 Å². The zero-order valence-electron chi connectivity index (χ0n) is 17.5. The Morgan fingerprint density at radius 3 is 2.70 bits per heavy atom. The van der Waals surface area contributed by atoms with E-state index in [9.17, 15) is 10.1 Å². The van der Waals surface area contributed by atoms with Crippen molar-refractivity contribution in [3.63, 3.8) is 0 Å². The van der Waals surface area contributed by atoms with E-state index in [0.717, 1.165) is 21.0 Å². The lowest BCUT2D eigenvalue weighted by Gasteiger charge is -2.26. The van der Waals surface area contributed by atoms with Crippen LogP contribution in [0, 0.1) is 18.3 Å². The summed E-state index contributed by atoms with van der Waals surface area (Å²) >= 11 is 3.48. The molecule has 1 atom stereocenters. The number of rotatable bonds is 3. The summed E-state index contributed by atoms with van der Waals surface area (Å²) < 4.78 is 17.9. The number of nitrogens with zero attached hydrogens (tertiary/aromatic N) is 1. The molecular weight excluding hydrogens is 484 g/mol. The first-order valence-electron chi connectivity index (χ1n) is 10.1. The zero-order valence-corrected chi connectivity index (χ0v) is 19.0. The standard InChI is InChI=1S/C26H17BrN2O4/c1-14-18-7-2-3-8-21(18)32-24(14)26(30)31-17-9-10-19-22(12-17)33-25(29)20(13-28)23(19)15-5-4-6-16(27)11-15/h2-12,23H,29H2,1H3. The third-order valence-electron chi connectivity index (χ3n) is 5.61. The summed E-state index contributed by atoms with van der Waals surface area (Å²) in [5, 5.41) is 10.6. The van der Waals surface area contributed by atoms with Crippen LogP contribution in [0.5, 0.6) is 11.5 Å². The van der Waals surface area contributed by atoms with Crippen molar-refractivity contribution in [3.8, 4) is 17.6 Å². The van der Waals surface area contributed by atoms with Crippen molar-refractivity contribution in [3.05, 3.63) is 105 Å². The first kappa shape index (κ1) is 20.9. The Morgan fingerprint density at radius 2 is 1.94 bits per heavy atom. The largest absolute Gasteiger partial charge is 0.449 e. The molecule has 0 radical (unpaired) electrons. The quantitative estimate of drug-likeness (QED) is 0.276. The van der Waals surface area contributed by atoms with Gasteiger partial charge in [0.05, 0.1) is 5.92 Å². The third kappa shape index (κ3) is 3.65. The van der Waals surface area contributed by atoms with Gasteiger partial charge in [-0.3, -0.25) is 0 Å². The van der Waals surface area contributed by atoms with Crippen molar-refractivity contribution >= 4 is 32.9 Å². The second kappa shape index (κ2) is 8.15. The van der Waals surface area contributed by atoms with Gasteiger partial charge in [-0.1, -0.05) is 52.3 Å². The summed E-state index contributed by atoms with van der Waals surface area (Å²) in [6.07, 6.45) is 0. The van der Waals surface area contributed by atoms with Crippen molar-refractivity contribution in [2.24, 2.45) is 5.73 Å². The number of furan rings is 1. The van der Waals surface area contributed by atoms with Gasteiger partial charge >= 0.3 is 5.97 Å². The molecule has 5 rings (SSSR count). The molecule has 0 saturated heterocycles. The van der Waals surface area contributed by atoms with Crippen molar-refractivity contribution in [2.75, 3.05) is 0 Å². The van der Waals surface area contributed by atoms with Crippen LogP contribution in [-0.4, -0.2) is 5.97 Å². The molecule has 2 N–H and O–H groups in total. The lowest BCUT2D eigenvalue weighted by molar-refractivity contribution is 0.0702. The first-order chi connectivity index (χ1) is 16.0.